The molecule has 0 aromatic heterocycles. The van der Waals surface area contributed by atoms with E-state index in [-0.39, 0.29) is 23.4 Å². The van der Waals surface area contributed by atoms with Crippen molar-refractivity contribution in [2.24, 2.45) is 0 Å². The highest BCUT2D eigenvalue weighted by molar-refractivity contribution is 7.89. The Morgan fingerprint density at radius 2 is 1.65 bits per heavy atom. The van der Waals surface area contributed by atoms with Crippen LogP contribution in [0.25, 0.3) is 0 Å². The van der Waals surface area contributed by atoms with E-state index in [1.807, 2.05) is 0 Å². The topological polar surface area (TPSA) is 105 Å². The van der Waals surface area contributed by atoms with Crippen LogP contribution in [-0.4, -0.2) is 30.6 Å². The van der Waals surface area contributed by atoms with Crippen LogP contribution in [0.4, 0.5) is 13.6 Å². The number of hydroxylamine groups is 1. The molecule has 0 bridgehead atoms. The first-order chi connectivity index (χ1) is 16.2. The molecule has 3 aromatic rings. The summed E-state index contributed by atoms with van der Waals surface area (Å²) in [5, 5.41) is 8.89. The van der Waals surface area contributed by atoms with Crippen LogP contribution in [0.3, 0.4) is 0 Å². The van der Waals surface area contributed by atoms with E-state index in [4.69, 9.17) is 14.7 Å². The van der Waals surface area contributed by atoms with Crippen LogP contribution in [0.15, 0.2) is 65.6 Å². The number of rotatable bonds is 5. The van der Waals surface area contributed by atoms with Crippen LogP contribution in [0, 0.1) is 18.6 Å². The largest absolute Gasteiger partial charge is 0.457 e. The maximum absolute atomic E-state index is 14.8. The van der Waals surface area contributed by atoms with Gasteiger partial charge in [0, 0.05) is 12.1 Å². The summed E-state index contributed by atoms with van der Waals surface area (Å²) in [5.74, 6) is -0.489. The second kappa shape index (κ2) is 9.37. The Hall–Kier alpha value is -3.54. The predicted octanol–water partition coefficient (Wildman–Crippen LogP) is 4.43. The molecule has 3 aromatic carbocycles. The van der Waals surface area contributed by atoms with E-state index in [2.05, 4.69) is 0 Å². The average Bonchev–Trinajstić information content (AvgIpc) is 2.83. The molecule has 1 aliphatic rings. The summed E-state index contributed by atoms with van der Waals surface area (Å²) in [6.45, 7) is 1.66. The van der Waals surface area contributed by atoms with E-state index in [1.165, 1.54) is 60.1 Å². The molecule has 1 heterocycles. The average molecular weight is 490 g/mol. The number of ether oxygens (including phenoxy) is 2. The second-order valence-electron chi connectivity index (χ2n) is 7.52. The zero-order valence-corrected chi connectivity index (χ0v) is 18.7. The monoisotopic (exact) mass is 490 g/mol. The fourth-order valence-corrected chi connectivity index (χ4v) is 5.26. The summed E-state index contributed by atoms with van der Waals surface area (Å²) in [6.07, 6.45) is -2.76. The van der Waals surface area contributed by atoms with Crippen LogP contribution in [0.5, 0.6) is 11.5 Å². The summed E-state index contributed by atoms with van der Waals surface area (Å²) >= 11 is 0. The number of amides is 1. The summed E-state index contributed by atoms with van der Waals surface area (Å²) in [5.41, 5.74) is 2.44. The van der Waals surface area contributed by atoms with Crippen molar-refractivity contribution in [2.75, 3.05) is 6.54 Å². The van der Waals surface area contributed by atoms with Gasteiger partial charge in [0.15, 0.2) is 6.23 Å². The van der Waals surface area contributed by atoms with Gasteiger partial charge in [0.1, 0.15) is 23.1 Å². The fourth-order valence-electron chi connectivity index (χ4n) is 3.77. The number of hydrogen-bond acceptors (Lipinski definition) is 6. The molecular weight excluding hydrogens is 470 g/mol. The number of nitrogens with zero attached hydrogens (tertiary/aromatic N) is 1. The summed E-state index contributed by atoms with van der Waals surface area (Å²) in [7, 11) is -4.26. The Morgan fingerprint density at radius 1 is 1.03 bits per heavy atom. The Kier molecular flexibility index (Phi) is 6.51. The number of carbonyl (C=O) groups is 1. The highest BCUT2D eigenvalue weighted by Gasteiger charge is 2.41. The Morgan fingerprint density at radius 3 is 2.26 bits per heavy atom. The summed E-state index contributed by atoms with van der Waals surface area (Å²) in [4.78, 5) is 11.6. The van der Waals surface area contributed by atoms with Gasteiger partial charge in [-0.25, -0.2) is 27.5 Å². The lowest BCUT2D eigenvalue weighted by molar-refractivity contribution is 0.000335. The molecule has 0 spiro atoms. The first kappa shape index (κ1) is 23.6. The van der Waals surface area contributed by atoms with Crippen molar-refractivity contribution in [3.05, 3.63) is 89.0 Å². The molecule has 0 saturated heterocycles. The summed E-state index contributed by atoms with van der Waals surface area (Å²) < 4.78 is 66.2. The maximum Gasteiger partial charge on any atom is 0.432 e. The quantitative estimate of drug-likeness (QED) is 0.405. The van der Waals surface area contributed by atoms with Gasteiger partial charge in [-0.1, -0.05) is 6.07 Å². The number of carbonyl (C=O) groups excluding carboxylic acids is 1. The van der Waals surface area contributed by atoms with Crippen molar-refractivity contribution in [2.45, 2.75) is 24.5 Å². The molecule has 4 rings (SSSR count). The first-order valence-electron chi connectivity index (χ1n) is 10.1. The van der Waals surface area contributed by atoms with Crippen LogP contribution in [0.2, 0.25) is 0 Å². The van der Waals surface area contributed by atoms with E-state index in [0.29, 0.717) is 22.6 Å². The zero-order chi connectivity index (χ0) is 24.5. The van der Waals surface area contributed by atoms with E-state index >= 15 is 0 Å². The number of fused-ring (bicyclic) bond motifs is 1. The van der Waals surface area contributed by atoms with Gasteiger partial charge in [-0.3, -0.25) is 5.21 Å². The Bertz CT molecular complexity index is 1310. The lowest BCUT2D eigenvalue weighted by Gasteiger charge is -2.36. The molecule has 0 fully saturated rings. The molecule has 1 atom stereocenters. The molecule has 34 heavy (non-hydrogen) atoms. The van der Waals surface area contributed by atoms with Gasteiger partial charge in [-0.05, 0) is 79.1 Å². The SMILES string of the molecule is Cc1ccc(F)c2c1CCN(S(=O)(=O)c1ccc(Oc3ccc(F)cc3)cc1)C2OC(=O)NO. The van der Waals surface area contributed by atoms with E-state index in [9.17, 15) is 22.0 Å². The van der Waals surface area contributed by atoms with E-state index < -0.39 is 34.0 Å². The van der Waals surface area contributed by atoms with Crippen molar-refractivity contribution in [3.63, 3.8) is 0 Å². The van der Waals surface area contributed by atoms with Crippen molar-refractivity contribution in [1.82, 2.24) is 9.79 Å². The van der Waals surface area contributed by atoms with Gasteiger partial charge < -0.3 is 9.47 Å². The predicted molar refractivity (Wildman–Crippen MR) is 116 cm³/mol. The zero-order valence-electron chi connectivity index (χ0n) is 17.9. The molecular formula is C23H20F2N2O6S. The van der Waals surface area contributed by atoms with Gasteiger partial charge in [0.2, 0.25) is 10.0 Å². The number of benzene rings is 3. The smallest absolute Gasteiger partial charge is 0.432 e. The van der Waals surface area contributed by atoms with Gasteiger partial charge in [-0.2, -0.15) is 4.31 Å². The third kappa shape index (κ3) is 4.58. The second-order valence-corrected chi connectivity index (χ2v) is 9.41. The van der Waals surface area contributed by atoms with Crippen LogP contribution >= 0.6 is 0 Å². The minimum absolute atomic E-state index is 0.0865. The van der Waals surface area contributed by atoms with Crippen molar-refractivity contribution < 1.29 is 36.7 Å². The highest BCUT2D eigenvalue weighted by atomic mass is 32.2. The lowest BCUT2D eigenvalue weighted by Crippen LogP contribution is -2.43. The molecule has 178 valence electrons. The number of hydrogen-bond donors (Lipinski definition) is 2. The third-order valence-electron chi connectivity index (χ3n) is 5.42. The van der Waals surface area contributed by atoms with Gasteiger partial charge >= 0.3 is 6.09 Å². The number of nitrogens with one attached hydrogen (secondary N) is 1. The first-order valence-corrected chi connectivity index (χ1v) is 11.6. The molecule has 8 nitrogen and oxygen atoms in total. The van der Waals surface area contributed by atoms with Crippen molar-refractivity contribution >= 4 is 16.1 Å². The van der Waals surface area contributed by atoms with Crippen LogP contribution in [-0.2, 0) is 21.2 Å². The normalized spacial score (nSPS) is 15.9. The van der Waals surface area contributed by atoms with Crippen LogP contribution in [0.1, 0.15) is 22.9 Å². The minimum atomic E-state index is -4.26. The van der Waals surface area contributed by atoms with E-state index in [0.717, 1.165) is 4.31 Å². The lowest BCUT2D eigenvalue weighted by atomic mass is 9.94. The molecule has 0 aliphatic carbocycles. The molecule has 2 N–H and O–H groups in total. The van der Waals surface area contributed by atoms with Gasteiger partial charge in [-0.15, -0.1) is 0 Å². The van der Waals surface area contributed by atoms with Gasteiger partial charge in [0.25, 0.3) is 0 Å². The van der Waals surface area contributed by atoms with Crippen LogP contribution < -0.4 is 10.2 Å². The number of halogens is 2. The number of sulfonamides is 1. The standard InChI is InChI=1S/C23H20F2N2O6S/c1-14-2-11-20(25)21-19(14)12-13-27(22(21)33-23(28)26-29)34(30,31)18-9-7-17(8-10-18)32-16-5-3-15(24)4-6-16/h2-11,22,29H,12-13H2,1H3,(H,26,28). The fraction of sp³-hybridized carbons (Fsp3) is 0.174. The third-order valence-corrected chi connectivity index (χ3v) is 7.28. The van der Waals surface area contributed by atoms with Gasteiger partial charge in [0.05, 0.1) is 4.90 Å². The van der Waals surface area contributed by atoms with Crippen molar-refractivity contribution in [3.8, 4) is 11.5 Å². The highest BCUT2D eigenvalue weighted by Crippen LogP contribution is 2.38. The number of aryl methyl sites for hydroxylation is 1. The van der Waals surface area contributed by atoms with E-state index in [1.54, 1.807) is 13.0 Å². The molecule has 0 radical (unpaired) electrons. The molecule has 1 unspecified atom stereocenters. The Labute approximate surface area is 194 Å². The minimum Gasteiger partial charge on any atom is -0.457 e. The molecule has 0 saturated carbocycles. The molecule has 1 aliphatic heterocycles. The molecule has 1 amide bonds. The maximum atomic E-state index is 14.8. The Balaban J connectivity index is 1.66. The summed E-state index contributed by atoms with van der Waals surface area (Å²) in [6, 6.07) is 13.4. The molecule has 11 heteroatoms. The van der Waals surface area contributed by atoms with Crippen molar-refractivity contribution in [1.29, 1.82) is 0 Å².